The minimum absolute atomic E-state index is 0.342. The molecule has 0 saturated carbocycles. The zero-order chi connectivity index (χ0) is 18.9. The van der Waals surface area contributed by atoms with Crippen molar-refractivity contribution in [3.63, 3.8) is 0 Å². The normalized spacial score (nSPS) is 14.8. The van der Waals surface area contributed by atoms with Gasteiger partial charge < -0.3 is 5.11 Å². The zero-order valence-electron chi connectivity index (χ0n) is 14.9. The summed E-state index contributed by atoms with van der Waals surface area (Å²) in [6.07, 6.45) is 1.99. The lowest BCUT2D eigenvalue weighted by molar-refractivity contribution is -0.139. The molecule has 0 radical (unpaired) electrons. The summed E-state index contributed by atoms with van der Waals surface area (Å²) in [4.78, 5) is 12.0. The number of fused-ring (bicyclic) bond motifs is 3. The number of rotatable bonds is 6. The van der Waals surface area contributed by atoms with E-state index in [0.29, 0.717) is 6.42 Å². The van der Waals surface area contributed by atoms with Crippen molar-refractivity contribution in [2.24, 2.45) is 0 Å². The molecule has 3 aromatic rings. The van der Waals surface area contributed by atoms with Crippen molar-refractivity contribution in [3.05, 3.63) is 108 Å². The Hall–Kier alpha value is -3.17. The van der Waals surface area contributed by atoms with Gasteiger partial charge >= 0.3 is 5.97 Å². The molecule has 1 atom stereocenters. The van der Waals surface area contributed by atoms with Crippen molar-refractivity contribution in [1.82, 2.24) is 5.32 Å². The van der Waals surface area contributed by atoms with Crippen molar-refractivity contribution >= 4 is 5.97 Å². The number of hydrogen-bond acceptors (Lipinski definition) is 2. The molecule has 3 aromatic carbocycles. The molecule has 0 spiro atoms. The third-order valence-corrected chi connectivity index (χ3v) is 5.25. The summed E-state index contributed by atoms with van der Waals surface area (Å²) >= 11 is 0. The number of carbonyl (C=O) groups is 1. The Kier molecular flexibility index (Phi) is 4.38. The van der Waals surface area contributed by atoms with E-state index in [0.717, 1.165) is 27.8 Å². The van der Waals surface area contributed by atoms with Gasteiger partial charge in [0.25, 0.3) is 0 Å². The van der Waals surface area contributed by atoms with Crippen LogP contribution in [0.2, 0.25) is 0 Å². The first kappa shape index (κ1) is 17.3. The highest BCUT2D eigenvalue weighted by Crippen LogP contribution is 2.51. The second-order valence-corrected chi connectivity index (χ2v) is 6.77. The molecule has 0 saturated heterocycles. The lowest BCUT2D eigenvalue weighted by atomic mass is 9.79. The molecule has 0 unspecified atom stereocenters. The standard InChI is InChI=1S/C24H21NO2/c1-2-10-22(23(26)27)25-24(17-11-4-3-5-12-17)20-15-8-6-13-18(20)19-14-7-9-16-21(19)24/h2-9,11-16,22,25H,1,10H2,(H,26,27)/t22-/m0/s1. The molecule has 3 heteroatoms. The lowest BCUT2D eigenvalue weighted by Crippen LogP contribution is -2.51. The molecule has 0 fully saturated rings. The van der Waals surface area contributed by atoms with Gasteiger partial charge in [-0.1, -0.05) is 84.9 Å². The first-order valence-corrected chi connectivity index (χ1v) is 9.05. The summed E-state index contributed by atoms with van der Waals surface area (Å²) in [5.74, 6) is -0.882. The minimum atomic E-state index is -0.882. The molecule has 1 aliphatic rings. The van der Waals surface area contributed by atoms with E-state index in [1.54, 1.807) is 6.08 Å². The summed E-state index contributed by atoms with van der Waals surface area (Å²) in [6.45, 7) is 3.74. The maximum atomic E-state index is 12.0. The number of nitrogens with one attached hydrogen (secondary N) is 1. The van der Waals surface area contributed by atoms with Crippen molar-refractivity contribution in [2.45, 2.75) is 18.0 Å². The van der Waals surface area contributed by atoms with Crippen LogP contribution in [0.1, 0.15) is 23.1 Å². The monoisotopic (exact) mass is 355 g/mol. The number of carboxylic acids is 1. The Bertz CT molecular complexity index is 949. The molecule has 134 valence electrons. The SMILES string of the molecule is C=CC[C@H](NC1(c2ccccc2)c2ccccc2-c2ccccc21)C(=O)O. The van der Waals surface area contributed by atoms with E-state index < -0.39 is 17.6 Å². The molecular formula is C24H21NO2. The van der Waals surface area contributed by atoms with E-state index in [9.17, 15) is 9.90 Å². The summed E-state index contributed by atoms with van der Waals surface area (Å²) in [6, 6.07) is 25.8. The van der Waals surface area contributed by atoms with Gasteiger partial charge in [0.2, 0.25) is 0 Å². The molecule has 27 heavy (non-hydrogen) atoms. The van der Waals surface area contributed by atoms with Gasteiger partial charge in [-0.25, -0.2) is 0 Å². The number of aliphatic carboxylic acids is 1. The summed E-state index contributed by atoms with van der Waals surface area (Å²) in [5, 5.41) is 13.3. The third-order valence-electron chi connectivity index (χ3n) is 5.25. The van der Waals surface area contributed by atoms with Gasteiger partial charge in [-0.2, -0.15) is 0 Å². The average molecular weight is 355 g/mol. The molecule has 3 nitrogen and oxygen atoms in total. The molecule has 0 bridgehead atoms. The van der Waals surface area contributed by atoms with Crippen LogP contribution in [0.15, 0.2) is 91.5 Å². The molecular weight excluding hydrogens is 334 g/mol. The van der Waals surface area contributed by atoms with Crippen LogP contribution in [0.25, 0.3) is 11.1 Å². The van der Waals surface area contributed by atoms with Crippen LogP contribution in [-0.4, -0.2) is 17.1 Å². The highest BCUT2D eigenvalue weighted by molar-refractivity contribution is 5.84. The largest absolute Gasteiger partial charge is 0.480 e. The quantitative estimate of drug-likeness (QED) is 0.637. The second-order valence-electron chi connectivity index (χ2n) is 6.77. The van der Waals surface area contributed by atoms with Gasteiger partial charge in [0.15, 0.2) is 0 Å². The fraction of sp³-hybridized carbons (Fsp3) is 0.125. The van der Waals surface area contributed by atoms with E-state index in [-0.39, 0.29) is 0 Å². The number of hydrogen-bond donors (Lipinski definition) is 2. The fourth-order valence-electron chi connectivity index (χ4n) is 4.12. The number of carboxylic acid groups (broad SMARTS) is 1. The predicted octanol–water partition coefficient (Wildman–Crippen LogP) is 4.58. The van der Waals surface area contributed by atoms with Gasteiger partial charge in [0.05, 0.1) is 5.54 Å². The van der Waals surface area contributed by atoms with E-state index >= 15 is 0 Å². The topological polar surface area (TPSA) is 49.3 Å². The molecule has 4 rings (SSSR count). The molecule has 0 heterocycles. The van der Waals surface area contributed by atoms with Gasteiger partial charge in [0, 0.05) is 0 Å². The Labute approximate surface area is 159 Å². The van der Waals surface area contributed by atoms with E-state index in [2.05, 4.69) is 48.3 Å². The molecule has 0 amide bonds. The highest BCUT2D eigenvalue weighted by Gasteiger charge is 2.46. The fourth-order valence-corrected chi connectivity index (χ4v) is 4.12. The van der Waals surface area contributed by atoms with E-state index in [4.69, 9.17) is 0 Å². The highest BCUT2D eigenvalue weighted by atomic mass is 16.4. The van der Waals surface area contributed by atoms with Crippen molar-refractivity contribution in [2.75, 3.05) is 0 Å². The van der Waals surface area contributed by atoms with Crippen LogP contribution in [0, 0.1) is 0 Å². The zero-order valence-corrected chi connectivity index (χ0v) is 14.9. The van der Waals surface area contributed by atoms with Gasteiger partial charge in [-0.15, -0.1) is 6.58 Å². The Morgan fingerprint density at radius 3 is 1.96 bits per heavy atom. The molecule has 1 aliphatic carbocycles. The Morgan fingerprint density at radius 2 is 1.44 bits per heavy atom. The van der Waals surface area contributed by atoms with Gasteiger partial charge in [-0.05, 0) is 34.2 Å². The smallest absolute Gasteiger partial charge is 0.321 e. The van der Waals surface area contributed by atoms with Crippen LogP contribution in [0.3, 0.4) is 0 Å². The van der Waals surface area contributed by atoms with Crippen LogP contribution < -0.4 is 5.32 Å². The summed E-state index contributed by atoms with van der Waals surface area (Å²) in [7, 11) is 0. The van der Waals surface area contributed by atoms with Crippen LogP contribution in [-0.2, 0) is 10.3 Å². The molecule has 0 aromatic heterocycles. The van der Waals surface area contributed by atoms with Crippen molar-refractivity contribution in [3.8, 4) is 11.1 Å². The molecule has 2 N–H and O–H groups in total. The maximum absolute atomic E-state index is 12.0. The summed E-state index contributed by atoms with van der Waals surface area (Å²) < 4.78 is 0. The van der Waals surface area contributed by atoms with Crippen molar-refractivity contribution in [1.29, 1.82) is 0 Å². The third kappa shape index (κ3) is 2.68. The van der Waals surface area contributed by atoms with Crippen LogP contribution in [0.4, 0.5) is 0 Å². The first-order chi connectivity index (χ1) is 13.2. The number of benzene rings is 3. The Morgan fingerprint density at radius 1 is 0.926 bits per heavy atom. The van der Waals surface area contributed by atoms with E-state index in [1.165, 1.54) is 0 Å². The lowest BCUT2D eigenvalue weighted by Gasteiger charge is -2.36. The average Bonchev–Trinajstić information content (AvgIpc) is 3.00. The minimum Gasteiger partial charge on any atom is -0.480 e. The first-order valence-electron chi connectivity index (χ1n) is 9.05. The summed E-state index contributed by atoms with van der Waals surface area (Å²) in [5.41, 5.74) is 4.72. The Balaban J connectivity index is 2.02. The maximum Gasteiger partial charge on any atom is 0.321 e. The molecule has 0 aliphatic heterocycles. The van der Waals surface area contributed by atoms with Crippen LogP contribution in [0.5, 0.6) is 0 Å². The van der Waals surface area contributed by atoms with Gasteiger partial charge in [-0.3, -0.25) is 10.1 Å². The van der Waals surface area contributed by atoms with Crippen molar-refractivity contribution < 1.29 is 9.90 Å². The van der Waals surface area contributed by atoms with Crippen LogP contribution >= 0.6 is 0 Å². The van der Waals surface area contributed by atoms with E-state index in [1.807, 2.05) is 42.5 Å². The predicted molar refractivity (Wildman–Crippen MR) is 108 cm³/mol. The van der Waals surface area contributed by atoms with Gasteiger partial charge in [0.1, 0.15) is 6.04 Å². The second kappa shape index (κ2) is 6.86.